The lowest BCUT2D eigenvalue weighted by molar-refractivity contribution is -0.119. The quantitative estimate of drug-likeness (QED) is 0.603. The van der Waals surface area contributed by atoms with Gasteiger partial charge in [-0.1, -0.05) is 11.2 Å². The van der Waals surface area contributed by atoms with Gasteiger partial charge in [-0.3, -0.25) is 4.79 Å². The highest BCUT2D eigenvalue weighted by molar-refractivity contribution is 9.11. The zero-order valence-corrected chi connectivity index (χ0v) is 20.5. The van der Waals surface area contributed by atoms with Gasteiger partial charge in [0, 0.05) is 45.1 Å². The Hall–Kier alpha value is -2.02. The summed E-state index contributed by atoms with van der Waals surface area (Å²) in [7, 11) is -3.54. The highest BCUT2D eigenvalue weighted by atomic mass is 79.9. The Bertz CT molecular complexity index is 1150. The number of benzene rings is 1. The van der Waals surface area contributed by atoms with Gasteiger partial charge in [0.15, 0.2) is 0 Å². The summed E-state index contributed by atoms with van der Waals surface area (Å²) in [5.74, 6) is -0.539. The van der Waals surface area contributed by atoms with E-state index in [4.69, 9.17) is 4.84 Å². The molecule has 1 atom stereocenters. The summed E-state index contributed by atoms with van der Waals surface area (Å²) in [6, 6.07) is 8.20. The number of piperazine rings is 1. The monoisotopic (exact) mass is 544 g/mol. The van der Waals surface area contributed by atoms with Crippen molar-refractivity contribution < 1.29 is 22.4 Å². The molecule has 2 aliphatic heterocycles. The van der Waals surface area contributed by atoms with Crippen molar-refractivity contribution in [3.05, 3.63) is 45.5 Å². The van der Waals surface area contributed by atoms with Crippen molar-refractivity contribution >= 4 is 54.6 Å². The van der Waals surface area contributed by atoms with Crippen molar-refractivity contribution in [1.29, 1.82) is 0 Å². The minimum Gasteiger partial charge on any atom is -0.390 e. The smallest absolute Gasteiger partial charge is 0.252 e. The number of nitrogens with zero attached hydrogens (tertiary/aromatic N) is 3. The number of hydrogen-bond donors (Lipinski definition) is 1. The minimum absolute atomic E-state index is 0.145. The van der Waals surface area contributed by atoms with E-state index in [9.17, 15) is 17.6 Å². The predicted molar refractivity (Wildman–Crippen MR) is 124 cm³/mol. The highest BCUT2D eigenvalue weighted by Gasteiger charge is 2.31. The fourth-order valence-electron chi connectivity index (χ4n) is 3.64. The third-order valence-electron chi connectivity index (χ3n) is 5.31. The standard InChI is InChI=1S/C20H22BrFN4O4S2/c1-13(27)23-12-15-11-17(24-30-15)14-2-3-18(16(22)10-14)25-6-8-26(9-7-25)32(28,29)20-5-4-19(21)31-20/h2-5,10,15H,6-9,11-12H2,1H3,(H,23,27). The maximum Gasteiger partial charge on any atom is 0.252 e. The normalized spacial score (nSPS) is 19.5. The van der Waals surface area contributed by atoms with Crippen LogP contribution in [0.2, 0.25) is 0 Å². The van der Waals surface area contributed by atoms with Crippen molar-refractivity contribution in [2.45, 2.75) is 23.7 Å². The molecule has 1 aromatic heterocycles. The number of sulfonamides is 1. The van der Waals surface area contributed by atoms with Gasteiger partial charge in [-0.2, -0.15) is 4.31 Å². The highest BCUT2D eigenvalue weighted by Crippen LogP contribution is 2.30. The van der Waals surface area contributed by atoms with Crippen LogP contribution in [-0.4, -0.2) is 63.2 Å². The molecule has 0 radical (unpaired) electrons. The number of amides is 1. The summed E-state index contributed by atoms with van der Waals surface area (Å²) in [5, 5.41) is 6.71. The van der Waals surface area contributed by atoms with E-state index in [1.807, 2.05) is 4.90 Å². The summed E-state index contributed by atoms with van der Waals surface area (Å²) >= 11 is 4.47. The van der Waals surface area contributed by atoms with Crippen LogP contribution in [-0.2, 0) is 19.7 Å². The van der Waals surface area contributed by atoms with E-state index >= 15 is 0 Å². The van der Waals surface area contributed by atoms with Gasteiger partial charge in [0.2, 0.25) is 5.91 Å². The zero-order valence-electron chi connectivity index (χ0n) is 17.3. The lowest BCUT2D eigenvalue weighted by Gasteiger charge is -2.35. The Labute approximate surface area is 198 Å². The van der Waals surface area contributed by atoms with Crippen molar-refractivity contribution in [3.8, 4) is 0 Å². The van der Waals surface area contributed by atoms with Crippen LogP contribution in [0.5, 0.6) is 0 Å². The predicted octanol–water partition coefficient (Wildman–Crippen LogP) is 2.79. The third kappa shape index (κ3) is 4.98. The van der Waals surface area contributed by atoms with E-state index < -0.39 is 15.8 Å². The average Bonchev–Trinajstić information content (AvgIpc) is 3.42. The average molecular weight is 545 g/mol. The molecular weight excluding hydrogens is 523 g/mol. The lowest BCUT2D eigenvalue weighted by Crippen LogP contribution is -2.48. The van der Waals surface area contributed by atoms with Gasteiger partial charge in [0.25, 0.3) is 10.0 Å². The number of anilines is 1. The molecule has 1 amide bonds. The molecule has 4 rings (SSSR count). The fourth-order valence-corrected chi connectivity index (χ4v) is 7.23. The van der Waals surface area contributed by atoms with Crippen LogP contribution in [0.4, 0.5) is 10.1 Å². The fraction of sp³-hybridized carbons (Fsp3) is 0.400. The Morgan fingerprint density at radius 1 is 1.28 bits per heavy atom. The maximum absolute atomic E-state index is 14.9. The summed E-state index contributed by atoms with van der Waals surface area (Å²) in [6.07, 6.45) is 0.213. The van der Waals surface area contributed by atoms with E-state index in [0.29, 0.717) is 47.2 Å². The number of halogens is 2. The number of oxime groups is 1. The van der Waals surface area contributed by atoms with Crippen molar-refractivity contribution in [3.63, 3.8) is 0 Å². The molecule has 172 valence electrons. The van der Waals surface area contributed by atoms with Crippen LogP contribution in [0.3, 0.4) is 0 Å². The minimum atomic E-state index is -3.54. The lowest BCUT2D eigenvalue weighted by atomic mass is 10.0. The molecular formula is C20H22BrFN4O4S2. The second-order valence-electron chi connectivity index (χ2n) is 7.52. The Balaban J connectivity index is 1.38. The van der Waals surface area contributed by atoms with E-state index in [-0.39, 0.29) is 25.1 Å². The van der Waals surface area contributed by atoms with Crippen LogP contribution in [0.15, 0.2) is 43.5 Å². The van der Waals surface area contributed by atoms with E-state index in [1.165, 1.54) is 28.6 Å². The molecule has 32 heavy (non-hydrogen) atoms. The van der Waals surface area contributed by atoms with Crippen LogP contribution in [0.1, 0.15) is 18.9 Å². The first-order chi connectivity index (χ1) is 15.2. The molecule has 1 unspecified atom stereocenters. The topological polar surface area (TPSA) is 91.3 Å². The number of thiophene rings is 1. The zero-order chi connectivity index (χ0) is 22.9. The summed E-state index contributed by atoms with van der Waals surface area (Å²) < 4.78 is 43.0. The second-order valence-corrected chi connectivity index (χ2v) is 12.2. The van der Waals surface area contributed by atoms with E-state index in [0.717, 1.165) is 3.79 Å². The first kappa shape index (κ1) is 23.1. The first-order valence-electron chi connectivity index (χ1n) is 10.0. The van der Waals surface area contributed by atoms with Gasteiger partial charge in [-0.25, -0.2) is 12.8 Å². The maximum atomic E-state index is 14.9. The van der Waals surface area contributed by atoms with Crippen LogP contribution >= 0.6 is 27.3 Å². The van der Waals surface area contributed by atoms with Gasteiger partial charge >= 0.3 is 0 Å². The molecule has 12 heteroatoms. The molecule has 1 N–H and O–H groups in total. The van der Waals surface area contributed by atoms with Crippen LogP contribution in [0, 0.1) is 5.82 Å². The molecule has 0 aliphatic carbocycles. The van der Waals surface area contributed by atoms with Gasteiger partial charge in [0.1, 0.15) is 16.1 Å². The summed E-state index contributed by atoms with van der Waals surface area (Å²) in [4.78, 5) is 18.2. The van der Waals surface area contributed by atoms with Crippen molar-refractivity contribution in [1.82, 2.24) is 9.62 Å². The largest absolute Gasteiger partial charge is 0.390 e. The van der Waals surface area contributed by atoms with Gasteiger partial charge in [0.05, 0.1) is 21.7 Å². The van der Waals surface area contributed by atoms with Crippen LogP contribution in [0.25, 0.3) is 0 Å². The number of hydrogen-bond acceptors (Lipinski definition) is 7. The Morgan fingerprint density at radius 3 is 2.66 bits per heavy atom. The van der Waals surface area contributed by atoms with Gasteiger partial charge in [-0.05, 0) is 40.2 Å². The Kier molecular flexibility index (Phi) is 6.84. The molecule has 2 aromatic rings. The van der Waals surface area contributed by atoms with E-state index in [2.05, 4.69) is 26.4 Å². The number of nitrogens with one attached hydrogen (secondary N) is 1. The molecule has 1 saturated heterocycles. The molecule has 0 spiro atoms. The van der Waals surface area contributed by atoms with Crippen LogP contribution < -0.4 is 10.2 Å². The van der Waals surface area contributed by atoms with Crippen molar-refractivity contribution in [2.24, 2.45) is 5.16 Å². The molecule has 0 saturated carbocycles. The van der Waals surface area contributed by atoms with Gasteiger partial charge < -0.3 is 15.1 Å². The van der Waals surface area contributed by atoms with Gasteiger partial charge in [-0.15, -0.1) is 11.3 Å². The van der Waals surface area contributed by atoms with Crippen molar-refractivity contribution in [2.75, 3.05) is 37.6 Å². The molecule has 8 nitrogen and oxygen atoms in total. The Morgan fingerprint density at radius 2 is 2.03 bits per heavy atom. The number of carbonyl (C=O) groups excluding carboxylic acids is 1. The molecule has 0 bridgehead atoms. The molecule has 3 heterocycles. The van der Waals surface area contributed by atoms with E-state index in [1.54, 1.807) is 24.3 Å². The summed E-state index contributed by atoms with van der Waals surface area (Å²) in [5.41, 5.74) is 1.68. The molecule has 1 fully saturated rings. The molecule has 2 aliphatic rings. The SMILES string of the molecule is CC(=O)NCC1CC(c2ccc(N3CCN(S(=O)(=O)c4ccc(Br)s4)CC3)c(F)c2)=NO1. The molecule has 1 aromatic carbocycles. The second kappa shape index (κ2) is 9.46. The third-order valence-corrected chi connectivity index (χ3v) is 9.30. The number of rotatable bonds is 6. The first-order valence-corrected chi connectivity index (χ1v) is 13.1. The number of carbonyl (C=O) groups is 1. The summed E-state index contributed by atoms with van der Waals surface area (Å²) in [6.45, 7) is 3.13.